The molecule has 2 rings (SSSR count). The van der Waals surface area contributed by atoms with Crippen LogP contribution in [0.5, 0.6) is 0 Å². The summed E-state index contributed by atoms with van der Waals surface area (Å²) in [5, 5.41) is 2.92. The summed E-state index contributed by atoms with van der Waals surface area (Å²) in [5.41, 5.74) is 2.66. The zero-order valence-corrected chi connectivity index (χ0v) is 16.7. The molecule has 2 aromatic rings. The maximum Gasteiger partial charge on any atom is 0.238 e. The van der Waals surface area contributed by atoms with E-state index in [-0.39, 0.29) is 18.3 Å². The van der Waals surface area contributed by atoms with Crippen LogP contribution in [0.4, 0.5) is 10.1 Å². The number of likely N-dealkylation sites (N-methyl/N-ethyl adjacent to an activating group) is 1. The molecule has 1 N–H and O–H groups in total. The number of amides is 1. The van der Waals surface area contributed by atoms with Gasteiger partial charge in [0.2, 0.25) is 5.91 Å². The third kappa shape index (κ3) is 5.40. The molecule has 0 radical (unpaired) electrons. The molecule has 0 aliphatic heterocycles. The van der Waals surface area contributed by atoms with Crippen molar-refractivity contribution in [3.8, 4) is 0 Å². The number of benzene rings is 2. The van der Waals surface area contributed by atoms with Crippen LogP contribution < -0.4 is 5.32 Å². The molecule has 128 valence electrons. The lowest BCUT2D eigenvalue weighted by Gasteiger charge is -2.20. The van der Waals surface area contributed by atoms with E-state index in [2.05, 4.69) is 37.2 Å². The quantitative estimate of drug-likeness (QED) is 0.652. The Morgan fingerprint density at radius 1 is 1.21 bits per heavy atom. The molecular weight excluding hydrogens is 439 g/mol. The number of hydrogen-bond donors (Lipinski definition) is 1. The van der Waals surface area contributed by atoms with E-state index in [4.69, 9.17) is 0 Å². The molecule has 3 nitrogen and oxygen atoms in total. The topological polar surface area (TPSA) is 32.3 Å². The van der Waals surface area contributed by atoms with Crippen LogP contribution in [0.25, 0.3) is 0 Å². The molecule has 0 spiro atoms. The van der Waals surface area contributed by atoms with Crippen LogP contribution in [-0.4, -0.2) is 23.9 Å². The summed E-state index contributed by atoms with van der Waals surface area (Å²) < 4.78 is 14.9. The van der Waals surface area contributed by atoms with Crippen molar-refractivity contribution >= 4 is 43.5 Å². The Morgan fingerprint density at radius 3 is 2.46 bits per heavy atom. The number of nitrogens with one attached hydrogen (secondary N) is 1. The maximum absolute atomic E-state index is 13.3. The van der Waals surface area contributed by atoms with Gasteiger partial charge < -0.3 is 5.32 Å². The van der Waals surface area contributed by atoms with Gasteiger partial charge in [-0.05, 0) is 80.7 Å². The first-order chi connectivity index (χ1) is 11.4. The average Bonchev–Trinajstić information content (AvgIpc) is 2.50. The van der Waals surface area contributed by atoms with E-state index in [9.17, 15) is 9.18 Å². The van der Waals surface area contributed by atoms with E-state index in [1.165, 1.54) is 12.1 Å². The molecule has 0 unspecified atom stereocenters. The Bertz CT molecular complexity index is 714. The molecule has 0 aliphatic rings. The minimum Gasteiger partial charge on any atom is -0.323 e. The highest BCUT2D eigenvalue weighted by atomic mass is 79.9. The smallest absolute Gasteiger partial charge is 0.238 e. The number of carbonyl (C=O) groups excluding carboxylic acids is 1. The van der Waals surface area contributed by atoms with Crippen molar-refractivity contribution in [1.29, 1.82) is 0 Å². The minimum atomic E-state index is -0.263. The van der Waals surface area contributed by atoms with Crippen LogP contribution in [0, 0.1) is 12.7 Å². The Kier molecular flexibility index (Phi) is 6.95. The molecule has 0 saturated heterocycles. The highest BCUT2D eigenvalue weighted by molar-refractivity contribution is 9.11. The monoisotopic (exact) mass is 456 g/mol. The highest BCUT2D eigenvalue weighted by Crippen LogP contribution is 2.32. The molecule has 0 bridgehead atoms. The number of nitrogens with zero attached hydrogens (tertiary/aromatic N) is 1. The summed E-state index contributed by atoms with van der Waals surface area (Å²) in [7, 11) is 0. The highest BCUT2D eigenvalue weighted by Gasteiger charge is 2.14. The summed E-state index contributed by atoms with van der Waals surface area (Å²) in [6.45, 7) is 5.42. The van der Waals surface area contributed by atoms with Crippen molar-refractivity contribution in [2.45, 2.75) is 20.4 Å². The predicted molar refractivity (Wildman–Crippen MR) is 103 cm³/mol. The summed E-state index contributed by atoms with van der Waals surface area (Å²) in [5.74, 6) is -0.376. The van der Waals surface area contributed by atoms with Crippen LogP contribution >= 0.6 is 31.9 Å². The van der Waals surface area contributed by atoms with E-state index in [0.717, 1.165) is 20.1 Å². The Labute approximate surface area is 158 Å². The van der Waals surface area contributed by atoms with Gasteiger partial charge in [-0.1, -0.05) is 19.1 Å². The molecule has 0 saturated carbocycles. The first kappa shape index (κ1) is 19.1. The molecule has 0 atom stereocenters. The zero-order chi connectivity index (χ0) is 17.7. The van der Waals surface area contributed by atoms with Gasteiger partial charge in [-0.2, -0.15) is 0 Å². The second-order valence-electron chi connectivity index (χ2n) is 5.58. The van der Waals surface area contributed by atoms with Crippen LogP contribution in [0.1, 0.15) is 18.1 Å². The first-order valence-corrected chi connectivity index (χ1v) is 9.20. The fourth-order valence-electron chi connectivity index (χ4n) is 2.37. The van der Waals surface area contributed by atoms with Crippen molar-refractivity contribution in [3.63, 3.8) is 0 Å². The number of halogens is 3. The maximum atomic E-state index is 13.3. The Balaban J connectivity index is 2.02. The van der Waals surface area contributed by atoms with Gasteiger partial charge in [0.05, 0.1) is 12.2 Å². The van der Waals surface area contributed by atoms with Gasteiger partial charge in [0.1, 0.15) is 5.82 Å². The van der Waals surface area contributed by atoms with Crippen molar-refractivity contribution < 1.29 is 9.18 Å². The van der Waals surface area contributed by atoms with Crippen LogP contribution in [0.2, 0.25) is 0 Å². The van der Waals surface area contributed by atoms with Crippen molar-refractivity contribution in [2.75, 3.05) is 18.4 Å². The fourth-order valence-corrected chi connectivity index (χ4v) is 3.99. The average molecular weight is 458 g/mol. The summed E-state index contributed by atoms with van der Waals surface area (Å²) in [6, 6.07) is 10.3. The number of carbonyl (C=O) groups is 1. The molecule has 24 heavy (non-hydrogen) atoms. The van der Waals surface area contributed by atoms with E-state index >= 15 is 0 Å². The van der Waals surface area contributed by atoms with Gasteiger partial charge in [0.25, 0.3) is 0 Å². The molecule has 0 aromatic heterocycles. The molecule has 0 fully saturated rings. The number of aryl methyl sites for hydroxylation is 1. The molecular formula is C18H19Br2FN2O. The second kappa shape index (κ2) is 8.74. The predicted octanol–water partition coefficient (Wildman–Crippen LogP) is 5.12. The van der Waals surface area contributed by atoms with Crippen molar-refractivity contribution in [1.82, 2.24) is 4.90 Å². The molecule has 0 aliphatic carbocycles. The number of hydrogen-bond acceptors (Lipinski definition) is 2. The largest absolute Gasteiger partial charge is 0.323 e. The van der Waals surface area contributed by atoms with Gasteiger partial charge in [0, 0.05) is 15.5 Å². The van der Waals surface area contributed by atoms with Crippen LogP contribution in [0.15, 0.2) is 45.3 Å². The Morgan fingerprint density at radius 2 is 1.88 bits per heavy atom. The van der Waals surface area contributed by atoms with Gasteiger partial charge in [-0.3, -0.25) is 9.69 Å². The molecule has 2 aromatic carbocycles. The lowest BCUT2D eigenvalue weighted by Crippen LogP contribution is -2.33. The summed E-state index contributed by atoms with van der Waals surface area (Å²) in [6.07, 6.45) is 0. The van der Waals surface area contributed by atoms with Crippen LogP contribution in [0.3, 0.4) is 0 Å². The van der Waals surface area contributed by atoms with Gasteiger partial charge in [-0.15, -0.1) is 0 Å². The van der Waals surface area contributed by atoms with Gasteiger partial charge >= 0.3 is 0 Å². The SMILES string of the molecule is CCN(CC(=O)Nc1c(Br)cc(C)cc1Br)Cc1cccc(F)c1. The minimum absolute atomic E-state index is 0.112. The summed E-state index contributed by atoms with van der Waals surface area (Å²) in [4.78, 5) is 14.3. The Hall–Kier alpha value is -1.24. The molecule has 0 heterocycles. The van der Waals surface area contributed by atoms with E-state index < -0.39 is 0 Å². The third-order valence-electron chi connectivity index (χ3n) is 3.56. The second-order valence-corrected chi connectivity index (χ2v) is 7.29. The standard InChI is InChI=1S/C18H19Br2FN2O/c1-3-23(10-13-5-4-6-14(21)9-13)11-17(24)22-18-15(19)7-12(2)8-16(18)20/h4-9H,3,10-11H2,1-2H3,(H,22,24). The zero-order valence-electron chi connectivity index (χ0n) is 13.6. The normalized spacial score (nSPS) is 10.9. The van der Waals surface area contributed by atoms with Crippen LogP contribution in [-0.2, 0) is 11.3 Å². The number of rotatable bonds is 6. The third-order valence-corrected chi connectivity index (χ3v) is 4.81. The van der Waals surface area contributed by atoms with Crippen molar-refractivity contribution in [2.24, 2.45) is 0 Å². The number of anilines is 1. The van der Waals surface area contributed by atoms with Gasteiger partial charge in [-0.25, -0.2) is 4.39 Å². The van der Waals surface area contributed by atoms with E-state index in [0.29, 0.717) is 18.8 Å². The fraction of sp³-hybridized carbons (Fsp3) is 0.278. The van der Waals surface area contributed by atoms with Gasteiger partial charge in [0.15, 0.2) is 0 Å². The first-order valence-electron chi connectivity index (χ1n) is 7.61. The lowest BCUT2D eigenvalue weighted by molar-refractivity contribution is -0.117. The lowest BCUT2D eigenvalue weighted by atomic mass is 10.2. The summed E-state index contributed by atoms with van der Waals surface area (Å²) >= 11 is 6.94. The van der Waals surface area contributed by atoms with Crippen molar-refractivity contribution in [3.05, 3.63) is 62.3 Å². The molecule has 1 amide bonds. The van der Waals surface area contributed by atoms with E-state index in [1.807, 2.05) is 36.9 Å². The molecule has 6 heteroatoms. The van der Waals surface area contributed by atoms with E-state index in [1.54, 1.807) is 6.07 Å².